The molecule has 20 heavy (non-hydrogen) atoms. The molecule has 1 saturated heterocycles. The average molecular weight is 277 g/mol. The lowest BCUT2D eigenvalue weighted by Gasteiger charge is -2.27. The number of ether oxygens (including phenoxy) is 1. The summed E-state index contributed by atoms with van der Waals surface area (Å²) >= 11 is 0. The minimum atomic E-state index is -1.02. The van der Waals surface area contributed by atoms with Gasteiger partial charge in [-0.15, -0.1) is 0 Å². The van der Waals surface area contributed by atoms with Crippen molar-refractivity contribution in [3.8, 4) is 0 Å². The highest BCUT2D eigenvalue weighted by Gasteiger charge is 2.20. The molecular weight excluding hydrogens is 258 g/mol. The van der Waals surface area contributed by atoms with Crippen molar-refractivity contribution in [1.82, 2.24) is 4.90 Å². The number of rotatable bonds is 4. The van der Waals surface area contributed by atoms with Gasteiger partial charge in [-0.25, -0.2) is 4.79 Å². The lowest BCUT2D eigenvalue weighted by molar-refractivity contribution is 0.0497. The predicted molar refractivity (Wildman–Crippen MR) is 73.9 cm³/mol. The van der Waals surface area contributed by atoms with E-state index in [1.54, 1.807) is 24.1 Å². The molecule has 1 amide bonds. The lowest BCUT2D eigenvalue weighted by atomic mass is 9.99. The summed E-state index contributed by atoms with van der Waals surface area (Å²) in [5.74, 6) is -0.702. The molecule has 5 nitrogen and oxygen atoms in total. The standard InChI is InChI=1S/C15H19NO4/c1-16(10-11-5-7-20-8-6-11)14(17)12-3-2-4-13(9-12)15(18)19/h2-4,9,11H,5-8,10H2,1H3,(H,18,19). The largest absolute Gasteiger partial charge is 0.478 e. The van der Waals surface area contributed by atoms with Crippen LogP contribution in [0.2, 0.25) is 0 Å². The van der Waals surface area contributed by atoms with Crippen LogP contribution in [-0.2, 0) is 4.74 Å². The molecule has 5 heteroatoms. The van der Waals surface area contributed by atoms with Crippen LogP contribution in [0, 0.1) is 5.92 Å². The molecule has 0 aliphatic carbocycles. The van der Waals surface area contributed by atoms with Crippen LogP contribution in [0.25, 0.3) is 0 Å². The number of hydrogen-bond acceptors (Lipinski definition) is 3. The summed E-state index contributed by atoms with van der Waals surface area (Å²) in [6.45, 7) is 2.18. The van der Waals surface area contributed by atoms with Gasteiger partial charge in [0, 0.05) is 32.4 Å². The number of nitrogens with zero attached hydrogens (tertiary/aromatic N) is 1. The highest BCUT2D eigenvalue weighted by molar-refractivity contribution is 5.97. The van der Waals surface area contributed by atoms with Gasteiger partial charge >= 0.3 is 5.97 Å². The van der Waals surface area contributed by atoms with Gasteiger partial charge in [0.15, 0.2) is 0 Å². The lowest BCUT2D eigenvalue weighted by Crippen LogP contribution is -2.34. The van der Waals surface area contributed by atoms with Crippen molar-refractivity contribution < 1.29 is 19.4 Å². The maximum Gasteiger partial charge on any atom is 0.335 e. The Hall–Kier alpha value is -1.88. The Morgan fingerprint density at radius 1 is 1.30 bits per heavy atom. The van der Waals surface area contributed by atoms with E-state index in [0.717, 1.165) is 26.1 Å². The summed E-state index contributed by atoms with van der Waals surface area (Å²) in [6.07, 6.45) is 1.93. The molecule has 1 aliphatic rings. The van der Waals surface area contributed by atoms with E-state index in [4.69, 9.17) is 9.84 Å². The molecule has 2 rings (SSSR count). The predicted octanol–water partition coefficient (Wildman–Crippen LogP) is 1.88. The fraction of sp³-hybridized carbons (Fsp3) is 0.467. The first kappa shape index (κ1) is 14.5. The van der Waals surface area contributed by atoms with E-state index in [1.807, 2.05) is 0 Å². The van der Waals surface area contributed by atoms with E-state index in [9.17, 15) is 9.59 Å². The van der Waals surface area contributed by atoms with E-state index < -0.39 is 5.97 Å². The minimum absolute atomic E-state index is 0.135. The maximum absolute atomic E-state index is 12.3. The van der Waals surface area contributed by atoms with Gasteiger partial charge in [-0.1, -0.05) is 6.07 Å². The van der Waals surface area contributed by atoms with Crippen LogP contribution < -0.4 is 0 Å². The highest BCUT2D eigenvalue weighted by atomic mass is 16.5. The van der Waals surface area contributed by atoms with Gasteiger partial charge in [0.1, 0.15) is 0 Å². The quantitative estimate of drug-likeness (QED) is 0.912. The molecule has 0 spiro atoms. The molecule has 1 heterocycles. The Morgan fingerprint density at radius 3 is 2.60 bits per heavy atom. The number of amides is 1. The SMILES string of the molecule is CN(CC1CCOCC1)C(=O)c1cccc(C(=O)O)c1. The first-order valence-corrected chi connectivity index (χ1v) is 6.74. The van der Waals surface area contributed by atoms with Crippen LogP contribution in [0.5, 0.6) is 0 Å². The Kier molecular flexibility index (Phi) is 4.74. The van der Waals surface area contributed by atoms with E-state index in [2.05, 4.69) is 0 Å². The molecule has 0 bridgehead atoms. The smallest absolute Gasteiger partial charge is 0.335 e. The van der Waals surface area contributed by atoms with Crippen molar-refractivity contribution >= 4 is 11.9 Å². The second kappa shape index (κ2) is 6.52. The van der Waals surface area contributed by atoms with Gasteiger partial charge in [-0.05, 0) is 37.0 Å². The monoisotopic (exact) mass is 277 g/mol. The third-order valence-electron chi connectivity index (χ3n) is 3.58. The Balaban J connectivity index is 2.02. The molecule has 1 N–H and O–H groups in total. The average Bonchev–Trinajstić information content (AvgIpc) is 2.47. The first-order valence-electron chi connectivity index (χ1n) is 6.74. The summed E-state index contributed by atoms with van der Waals surface area (Å²) in [5.41, 5.74) is 0.551. The second-order valence-corrected chi connectivity index (χ2v) is 5.13. The third kappa shape index (κ3) is 3.57. The molecule has 1 fully saturated rings. The molecular formula is C15H19NO4. The van der Waals surface area contributed by atoms with Gasteiger partial charge in [0.25, 0.3) is 5.91 Å². The van der Waals surface area contributed by atoms with Crippen molar-refractivity contribution in [3.63, 3.8) is 0 Å². The molecule has 0 aromatic heterocycles. The van der Waals surface area contributed by atoms with Crippen LogP contribution >= 0.6 is 0 Å². The Bertz CT molecular complexity index is 494. The number of hydrogen-bond donors (Lipinski definition) is 1. The normalized spacial score (nSPS) is 15.8. The third-order valence-corrected chi connectivity index (χ3v) is 3.58. The Morgan fingerprint density at radius 2 is 1.95 bits per heavy atom. The van der Waals surface area contributed by atoms with Crippen molar-refractivity contribution in [2.45, 2.75) is 12.8 Å². The second-order valence-electron chi connectivity index (χ2n) is 5.13. The number of carbonyl (C=O) groups excluding carboxylic acids is 1. The van der Waals surface area contributed by atoms with Crippen LogP contribution in [0.15, 0.2) is 24.3 Å². The number of carboxylic acids is 1. The molecule has 0 atom stereocenters. The molecule has 0 unspecified atom stereocenters. The number of carbonyl (C=O) groups is 2. The number of carboxylic acid groups (broad SMARTS) is 1. The molecule has 1 aromatic rings. The van der Waals surface area contributed by atoms with Crippen molar-refractivity contribution in [2.75, 3.05) is 26.8 Å². The van der Waals surface area contributed by atoms with Gasteiger partial charge in [-0.2, -0.15) is 0 Å². The van der Waals surface area contributed by atoms with E-state index in [1.165, 1.54) is 12.1 Å². The summed E-state index contributed by atoms with van der Waals surface area (Å²) in [6, 6.07) is 6.15. The van der Waals surface area contributed by atoms with E-state index in [-0.39, 0.29) is 11.5 Å². The molecule has 1 aliphatic heterocycles. The van der Waals surface area contributed by atoms with Gasteiger partial charge in [0.2, 0.25) is 0 Å². The fourth-order valence-electron chi connectivity index (χ4n) is 2.40. The van der Waals surface area contributed by atoms with Crippen LogP contribution in [-0.4, -0.2) is 48.7 Å². The fourth-order valence-corrected chi connectivity index (χ4v) is 2.40. The van der Waals surface area contributed by atoms with E-state index in [0.29, 0.717) is 18.0 Å². The molecule has 108 valence electrons. The summed E-state index contributed by atoms with van der Waals surface area (Å²) in [7, 11) is 1.76. The first-order chi connectivity index (χ1) is 9.58. The molecule has 0 radical (unpaired) electrons. The zero-order valence-corrected chi connectivity index (χ0v) is 11.5. The zero-order chi connectivity index (χ0) is 14.5. The highest BCUT2D eigenvalue weighted by Crippen LogP contribution is 2.17. The maximum atomic E-state index is 12.3. The van der Waals surface area contributed by atoms with Gasteiger partial charge < -0.3 is 14.7 Å². The Labute approximate surface area is 118 Å². The van der Waals surface area contributed by atoms with Crippen LogP contribution in [0.1, 0.15) is 33.6 Å². The van der Waals surface area contributed by atoms with Gasteiger partial charge in [0.05, 0.1) is 5.56 Å². The molecule has 1 aromatic carbocycles. The summed E-state index contributed by atoms with van der Waals surface area (Å²) in [4.78, 5) is 24.9. The molecule has 0 saturated carbocycles. The summed E-state index contributed by atoms with van der Waals surface area (Å²) in [5, 5.41) is 8.95. The van der Waals surface area contributed by atoms with Crippen LogP contribution in [0.3, 0.4) is 0 Å². The van der Waals surface area contributed by atoms with Crippen molar-refractivity contribution in [1.29, 1.82) is 0 Å². The van der Waals surface area contributed by atoms with E-state index >= 15 is 0 Å². The number of benzene rings is 1. The topological polar surface area (TPSA) is 66.8 Å². The van der Waals surface area contributed by atoms with Crippen molar-refractivity contribution in [2.24, 2.45) is 5.92 Å². The van der Waals surface area contributed by atoms with Crippen LogP contribution in [0.4, 0.5) is 0 Å². The van der Waals surface area contributed by atoms with Gasteiger partial charge in [-0.3, -0.25) is 4.79 Å². The minimum Gasteiger partial charge on any atom is -0.478 e. The number of aromatic carboxylic acids is 1. The zero-order valence-electron chi connectivity index (χ0n) is 11.5. The van der Waals surface area contributed by atoms with Crippen molar-refractivity contribution in [3.05, 3.63) is 35.4 Å². The summed E-state index contributed by atoms with van der Waals surface area (Å²) < 4.78 is 5.30.